The molecule has 0 aliphatic carbocycles. The zero-order valence-corrected chi connectivity index (χ0v) is 18.5. The lowest BCUT2D eigenvalue weighted by atomic mass is 10.2. The van der Waals surface area contributed by atoms with Crippen molar-refractivity contribution in [2.45, 2.75) is 50.7 Å². The lowest BCUT2D eigenvalue weighted by molar-refractivity contribution is 0.0952. The Kier molecular flexibility index (Phi) is 6.97. The number of hydrogen-bond acceptors (Lipinski definition) is 6. The monoisotopic (exact) mass is 432 g/mol. The highest BCUT2D eigenvalue weighted by Crippen LogP contribution is 2.26. The SMILES string of the molecule is CC(C)Nc1nc(SC(C)C)nc2c1cnn2CCNC(=O)c1ccccc1Cl. The van der Waals surface area contributed by atoms with Crippen molar-refractivity contribution in [3.8, 4) is 0 Å². The largest absolute Gasteiger partial charge is 0.367 e. The Labute approximate surface area is 179 Å². The second-order valence-electron chi connectivity index (χ2n) is 7.16. The summed E-state index contributed by atoms with van der Waals surface area (Å²) in [7, 11) is 0. The number of carbonyl (C=O) groups is 1. The number of fused-ring (bicyclic) bond motifs is 1. The Hall–Kier alpha value is -2.32. The van der Waals surface area contributed by atoms with Gasteiger partial charge in [-0.25, -0.2) is 14.6 Å². The predicted molar refractivity (Wildman–Crippen MR) is 119 cm³/mol. The highest BCUT2D eigenvalue weighted by atomic mass is 35.5. The molecule has 0 aliphatic rings. The van der Waals surface area contributed by atoms with Crippen molar-refractivity contribution in [1.82, 2.24) is 25.1 Å². The number of hydrogen-bond donors (Lipinski definition) is 2. The van der Waals surface area contributed by atoms with Crippen molar-refractivity contribution in [2.24, 2.45) is 0 Å². The van der Waals surface area contributed by atoms with E-state index in [1.807, 2.05) is 0 Å². The molecule has 9 heteroatoms. The van der Waals surface area contributed by atoms with E-state index in [0.717, 1.165) is 16.9 Å². The molecule has 29 heavy (non-hydrogen) atoms. The van der Waals surface area contributed by atoms with Crippen LogP contribution in [0.2, 0.25) is 5.02 Å². The minimum absolute atomic E-state index is 0.208. The molecule has 0 aliphatic heterocycles. The fraction of sp³-hybridized carbons (Fsp3) is 0.400. The quantitative estimate of drug-likeness (QED) is 0.409. The van der Waals surface area contributed by atoms with Gasteiger partial charge in [0.15, 0.2) is 10.8 Å². The molecule has 154 valence electrons. The molecule has 2 heterocycles. The maximum Gasteiger partial charge on any atom is 0.252 e. The Morgan fingerprint density at radius 1 is 1.21 bits per heavy atom. The molecule has 0 radical (unpaired) electrons. The number of thioether (sulfide) groups is 1. The van der Waals surface area contributed by atoms with Gasteiger partial charge in [0.1, 0.15) is 5.82 Å². The van der Waals surface area contributed by atoms with E-state index in [9.17, 15) is 4.79 Å². The summed E-state index contributed by atoms with van der Waals surface area (Å²) in [5, 5.41) is 13.1. The average Bonchev–Trinajstić information content (AvgIpc) is 3.04. The third-order valence-corrected chi connectivity index (χ3v) is 5.16. The van der Waals surface area contributed by atoms with Crippen molar-refractivity contribution < 1.29 is 4.79 Å². The van der Waals surface area contributed by atoms with Crippen LogP contribution in [0.25, 0.3) is 11.0 Å². The molecule has 0 saturated heterocycles. The molecule has 1 amide bonds. The number of rotatable bonds is 8. The number of amides is 1. The van der Waals surface area contributed by atoms with Crippen LogP contribution in [0, 0.1) is 0 Å². The topological polar surface area (TPSA) is 84.7 Å². The number of nitrogens with zero attached hydrogens (tertiary/aromatic N) is 4. The molecule has 3 aromatic rings. The Bertz CT molecular complexity index is 1000. The van der Waals surface area contributed by atoms with Gasteiger partial charge >= 0.3 is 0 Å². The van der Waals surface area contributed by atoms with Gasteiger partial charge < -0.3 is 10.6 Å². The number of halogens is 1. The minimum atomic E-state index is -0.208. The molecule has 1 aromatic carbocycles. The van der Waals surface area contributed by atoms with Crippen LogP contribution in [0.4, 0.5) is 5.82 Å². The van der Waals surface area contributed by atoms with Crippen molar-refractivity contribution in [3.05, 3.63) is 41.0 Å². The van der Waals surface area contributed by atoms with E-state index in [1.54, 1.807) is 46.9 Å². The molecule has 0 spiro atoms. The summed E-state index contributed by atoms with van der Waals surface area (Å²) >= 11 is 7.70. The second kappa shape index (κ2) is 9.45. The van der Waals surface area contributed by atoms with E-state index in [4.69, 9.17) is 16.6 Å². The third-order valence-electron chi connectivity index (χ3n) is 3.97. The number of nitrogens with one attached hydrogen (secondary N) is 2. The summed E-state index contributed by atoms with van der Waals surface area (Å²) < 4.78 is 1.79. The van der Waals surface area contributed by atoms with E-state index in [0.29, 0.717) is 34.1 Å². The van der Waals surface area contributed by atoms with Crippen LogP contribution in [0.3, 0.4) is 0 Å². The van der Waals surface area contributed by atoms with Crippen molar-refractivity contribution in [3.63, 3.8) is 0 Å². The van der Waals surface area contributed by atoms with Crippen LogP contribution in [0.15, 0.2) is 35.6 Å². The molecule has 2 aromatic heterocycles. The summed E-state index contributed by atoms with van der Waals surface area (Å²) in [4.78, 5) is 21.7. The maximum atomic E-state index is 12.3. The van der Waals surface area contributed by atoms with Gasteiger partial charge in [-0.2, -0.15) is 5.10 Å². The number of anilines is 1. The molecule has 0 saturated carbocycles. The molecule has 0 unspecified atom stereocenters. The summed E-state index contributed by atoms with van der Waals surface area (Å²) in [5.74, 6) is 0.569. The molecule has 7 nitrogen and oxygen atoms in total. The van der Waals surface area contributed by atoms with E-state index in [1.165, 1.54) is 0 Å². The average molecular weight is 433 g/mol. The maximum absolute atomic E-state index is 12.3. The molecule has 0 fully saturated rings. The summed E-state index contributed by atoms with van der Waals surface area (Å²) in [6.45, 7) is 9.24. The Morgan fingerprint density at radius 2 is 1.97 bits per heavy atom. The lowest BCUT2D eigenvalue weighted by Gasteiger charge is -2.12. The molecule has 0 atom stereocenters. The van der Waals surface area contributed by atoms with Crippen LogP contribution in [-0.4, -0.2) is 43.5 Å². The highest BCUT2D eigenvalue weighted by Gasteiger charge is 2.15. The van der Waals surface area contributed by atoms with Crippen molar-refractivity contribution in [1.29, 1.82) is 0 Å². The summed E-state index contributed by atoms with van der Waals surface area (Å²) in [5.41, 5.74) is 1.21. The molecule has 2 N–H and O–H groups in total. The first kappa shape index (κ1) is 21.4. The van der Waals surface area contributed by atoms with E-state index in [2.05, 4.69) is 48.4 Å². The van der Waals surface area contributed by atoms with Gasteiger partial charge in [0.05, 0.1) is 28.7 Å². The van der Waals surface area contributed by atoms with E-state index >= 15 is 0 Å². The zero-order valence-electron chi connectivity index (χ0n) is 16.9. The number of benzene rings is 1. The van der Waals surface area contributed by atoms with Gasteiger partial charge in [-0.15, -0.1) is 0 Å². The van der Waals surface area contributed by atoms with Gasteiger partial charge in [0, 0.05) is 17.8 Å². The first-order chi connectivity index (χ1) is 13.8. The van der Waals surface area contributed by atoms with Crippen LogP contribution < -0.4 is 10.6 Å². The Morgan fingerprint density at radius 3 is 2.66 bits per heavy atom. The second-order valence-corrected chi connectivity index (χ2v) is 9.11. The fourth-order valence-corrected chi connectivity index (χ4v) is 3.69. The number of carbonyl (C=O) groups excluding carboxylic acids is 1. The number of aromatic nitrogens is 4. The van der Waals surface area contributed by atoms with Gasteiger partial charge in [-0.1, -0.05) is 49.3 Å². The minimum Gasteiger partial charge on any atom is -0.367 e. The lowest BCUT2D eigenvalue weighted by Crippen LogP contribution is -2.27. The van der Waals surface area contributed by atoms with Gasteiger partial charge in [0.25, 0.3) is 5.91 Å². The molecule has 0 bridgehead atoms. The van der Waals surface area contributed by atoms with Crippen LogP contribution >= 0.6 is 23.4 Å². The highest BCUT2D eigenvalue weighted by molar-refractivity contribution is 7.99. The zero-order chi connectivity index (χ0) is 21.0. The van der Waals surface area contributed by atoms with Gasteiger partial charge in [-0.3, -0.25) is 4.79 Å². The van der Waals surface area contributed by atoms with Gasteiger partial charge in [0.2, 0.25) is 0 Å². The molecule has 3 rings (SSSR count). The first-order valence-corrected chi connectivity index (χ1v) is 10.8. The van der Waals surface area contributed by atoms with E-state index < -0.39 is 0 Å². The van der Waals surface area contributed by atoms with Crippen LogP contribution in [0.1, 0.15) is 38.1 Å². The summed E-state index contributed by atoms with van der Waals surface area (Å²) in [6.07, 6.45) is 1.76. The van der Waals surface area contributed by atoms with Gasteiger partial charge in [-0.05, 0) is 26.0 Å². The third kappa shape index (κ3) is 5.39. The van der Waals surface area contributed by atoms with Crippen molar-refractivity contribution >= 4 is 46.1 Å². The predicted octanol–water partition coefficient (Wildman–Crippen LogP) is 4.23. The van der Waals surface area contributed by atoms with Crippen LogP contribution in [-0.2, 0) is 6.54 Å². The first-order valence-electron chi connectivity index (χ1n) is 9.54. The van der Waals surface area contributed by atoms with E-state index in [-0.39, 0.29) is 11.9 Å². The fourth-order valence-electron chi connectivity index (χ4n) is 2.76. The normalized spacial score (nSPS) is 11.4. The molecular weight excluding hydrogens is 408 g/mol. The Balaban J connectivity index is 1.78. The molecular formula is C20H25ClN6OS. The van der Waals surface area contributed by atoms with Crippen LogP contribution in [0.5, 0.6) is 0 Å². The smallest absolute Gasteiger partial charge is 0.252 e. The summed E-state index contributed by atoms with van der Waals surface area (Å²) in [6, 6.07) is 7.22. The standard InChI is InChI=1S/C20H25ClN6OS/c1-12(2)24-17-15-11-23-27(18(15)26-20(25-17)29-13(3)4)10-9-22-19(28)14-7-5-6-8-16(14)21/h5-8,11-13H,9-10H2,1-4H3,(H,22,28)(H,24,25,26). The van der Waals surface area contributed by atoms with Crippen molar-refractivity contribution in [2.75, 3.05) is 11.9 Å².